The third kappa shape index (κ3) is 5.66. The summed E-state index contributed by atoms with van der Waals surface area (Å²) < 4.78 is 25.3. The third-order valence-electron chi connectivity index (χ3n) is 3.24. The molecule has 1 N–H and O–H groups in total. The molecular formula is C16H22BrFN2O3. The molecule has 1 aliphatic rings. The zero-order chi connectivity index (χ0) is 17.0. The van der Waals surface area contributed by atoms with Crippen LogP contribution in [-0.4, -0.2) is 48.9 Å². The predicted octanol–water partition coefficient (Wildman–Crippen LogP) is 3.18. The number of rotatable bonds is 3. The highest BCUT2D eigenvalue weighted by Gasteiger charge is 2.27. The Hall–Kier alpha value is -1.34. The molecule has 7 heteroatoms. The van der Waals surface area contributed by atoms with Crippen molar-refractivity contribution >= 4 is 22.0 Å². The van der Waals surface area contributed by atoms with Gasteiger partial charge in [0.1, 0.15) is 12.2 Å². The molecule has 1 amide bonds. The van der Waals surface area contributed by atoms with Crippen LogP contribution in [-0.2, 0) is 4.74 Å². The Bertz CT molecular complexity index is 563. The number of carbonyl (C=O) groups is 1. The topological polar surface area (TPSA) is 50.8 Å². The summed E-state index contributed by atoms with van der Waals surface area (Å²) in [4.78, 5) is 13.7. The van der Waals surface area contributed by atoms with Gasteiger partial charge < -0.3 is 19.7 Å². The van der Waals surface area contributed by atoms with Crippen LogP contribution in [0.25, 0.3) is 0 Å². The highest BCUT2D eigenvalue weighted by Crippen LogP contribution is 2.22. The van der Waals surface area contributed by atoms with Crippen molar-refractivity contribution in [2.45, 2.75) is 32.4 Å². The highest BCUT2D eigenvalue weighted by atomic mass is 79.9. The first-order valence-corrected chi connectivity index (χ1v) is 8.33. The Morgan fingerprint density at radius 3 is 2.91 bits per heavy atom. The molecule has 1 aliphatic heterocycles. The molecule has 0 radical (unpaired) electrons. The lowest BCUT2D eigenvalue weighted by atomic mass is 10.2. The van der Waals surface area contributed by atoms with Gasteiger partial charge in [0.2, 0.25) is 0 Å². The van der Waals surface area contributed by atoms with E-state index >= 15 is 0 Å². The SMILES string of the molecule is CC(C)(C)OC(=O)N1CCN[C@@H](COc2cc(Br)ccc2F)C1. The molecular weight excluding hydrogens is 367 g/mol. The monoisotopic (exact) mass is 388 g/mol. The summed E-state index contributed by atoms with van der Waals surface area (Å²) in [6.45, 7) is 7.47. The number of nitrogens with one attached hydrogen (secondary N) is 1. The van der Waals surface area contributed by atoms with Gasteiger partial charge in [0.15, 0.2) is 11.6 Å². The largest absolute Gasteiger partial charge is 0.489 e. The fourth-order valence-corrected chi connectivity index (χ4v) is 2.55. The normalized spacial score (nSPS) is 18.7. The van der Waals surface area contributed by atoms with Crippen molar-refractivity contribution in [3.8, 4) is 5.75 Å². The second kappa shape index (κ2) is 7.49. The van der Waals surface area contributed by atoms with E-state index < -0.39 is 11.4 Å². The van der Waals surface area contributed by atoms with E-state index in [1.807, 2.05) is 20.8 Å². The van der Waals surface area contributed by atoms with Crippen LogP contribution in [0.3, 0.4) is 0 Å². The Balaban J connectivity index is 1.89. The second-order valence-corrected chi connectivity index (χ2v) is 7.38. The zero-order valence-electron chi connectivity index (χ0n) is 13.6. The maximum Gasteiger partial charge on any atom is 0.410 e. The van der Waals surface area contributed by atoms with E-state index in [0.717, 1.165) is 4.47 Å². The number of amides is 1. The lowest BCUT2D eigenvalue weighted by Crippen LogP contribution is -2.55. The molecule has 128 valence electrons. The van der Waals surface area contributed by atoms with E-state index in [0.29, 0.717) is 19.6 Å². The molecule has 0 aliphatic carbocycles. The molecule has 1 saturated heterocycles. The maximum absolute atomic E-state index is 13.7. The van der Waals surface area contributed by atoms with E-state index in [1.54, 1.807) is 17.0 Å². The molecule has 0 spiro atoms. The van der Waals surface area contributed by atoms with Crippen LogP contribution in [0.4, 0.5) is 9.18 Å². The van der Waals surface area contributed by atoms with Crippen LogP contribution in [0, 0.1) is 5.82 Å². The number of ether oxygens (including phenoxy) is 2. The first-order chi connectivity index (χ1) is 10.7. The van der Waals surface area contributed by atoms with Crippen molar-refractivity contribution in [3.63, 3.8) is 0 Å². The molecule has 0 aromatic heterocycles. The van der Waals surface area contributed by atoms with E-state index in [1.165, 1.54) is 6.07 Å². The van der Waals surface area contributed by atoms with E-state index in [9.17, 15) is 9.18 Å². The van der Waals surface area contributed by atoms with Gasteiger partial charge in [0.05, 0.1) is 6.04 Å². The average Bonchev–Trinajstić information content (AvgIpc) is 2.47. The van der Waals surface area contributed by atoms with E-state index in [4.69, 9.17) is 9.47 Å². The molecule has 5 nitrogen and oxygen atoms in total. The van der Waals surface area contributed by atoms with Crippen LogP contribution < -0.4 is 10.1 Å². The van der Waals surface area contributed by atoms with Gasteiger partial charge in [-0.3, -0.25) is 0 Å². The quantitative estimate of drug-likeness (QED) is 0.863. The average molecular weight is 389 g/mol. The molecule has 0 saturated carbocycles. The molecule has 2 rings (SSSR count). The minimum Gasteiger partial charge on any atom is -0.489 e. The molecule has 1 fully saturated rings. The number of halogens is 2. The third-order valence-corrected chi connectivity index (χ3v) is 3.73. The van der Waals surface area contributed by atoms with Crippen molar-refractivity contribution in [2.75, 3.05) is 26.2 Å². The van der Waals surface area contributed by atoms with Gasteiger partial charge in [-0.1, -0.05) is 15.9 Å². The first-order valence-electron chi connectivity index (χ1n) is 7.54. The van der Waals surface area contributed by atoms with E-state index in [2.05, 4.69) is 21.2 Å². The van der Waals surface area contributed by atoms with Gasteiger partial charge >= 0.3 is 6.09 Å². The molecule has 0 unspecified atom stereocenters. The molecule has 1 aromatic carbocycles. The number of hydrogen-bond donors (Lipinski definition) is 1. The van der Waals surface area contributed by atoms with Crippen molar-refractivity contribution in [2.24, 2.45) is 0 Å². The minimum atomic E-state index is -0.520. The summed E-state index contributed by atoms with van der Waals surface area (Å²) in [5, 5.41) is 3.26. The van der Waals surface area contributed by atoms with Crippen molar-refractivity contribution in [1.29, 1.82) is 0 Å². The Morgan fingerprint density at radius 2 is 2.22 bits per heavy atom. The summed E-state index contributed by atoms with van der Waals surface area (Å²) in [6, 6.07) is 4.48. The fourth-order valence-electron chi connectivity index (χ4n) is 2.21. The minimum absolute atomic E-state index is 0.0744. The van der Waals surface area contributed by atoms with Crippen molar-refractivity contribution < 1.29 is 18.7 Å². The van der Waals surface area contributed by atoms with Crippen molar-refractivity contribution in [1.82, 2.24) is 10.2 Å². The second-order valence-electron chi connectivity index (χ2n) is 6.46. The van der Waals surface area contributed by atoms with Gasteiger partial charge in [-0.15, -0.1) is 0 Å². The molecule has 1 atom stereocenters. The zero-order valence-corrected chi connectivity index (χ0v) is 15.2. The fraction of sp³-hybridized carbons (Fsp3) is 0.562. The number of benzene rings is 1. The number of nitrogens with zero attached hydrogens (tertiary/aromatic N) is 1. The van der Waals surface area contributed by atoms with Crippen LogP contribution in [0.2, 0.25) is 0 Å². The highest BCUT2D eigenvalue weighted by molar-refractivity contribution is 9.10. The lowest BCUT2D eigenvalue weighted by molar-refractivity contribution is 0.0177. The summed E-state index contributed by atoms with van der Waals surface area (Å²) in [7, 11) is 0. The Morgan fingerprint density at radius 1 is 1.48 bits per heavy atom. The van der Waals surface area contributed by atoms with Gasteiger partial charge in [0.25, 0.3) is 0 Å². The number of hydrogen-bond acceptors (Lipinski definition) is 4. The van der Waals surface area contributed by atoms with Gasteiger partial charge in [-0.05, 0) is 39.0 Å². The molecule has 1 aromatic rings. The van der Waals surface area contributed by atoms with Gasteiger partial charge in [0, 0.05) is 24.1 Å². The summed E-state index contributed by atoms with van der Waals surface area (Å²) >= 11 is 3.29. The van der Waals surface area contributed by atoms with Crippen LogP contribution in [0.15, 0.2) is 22.7 Å². The standard InChI is InChI=1S/C16H22BrFN2O3/c1-16(2,3)23-15(21)20-7-6-19-12(9-20)10-22-14-8-11(17)4-5-13(14)18/h4-5,8,12,19H,6-7,9-10H2,1-3H3/t12-/m1/s1. The lowest BCUT2D eigenvalue weighted by Gasteiger charge is -2.34. The van der Waals surface area contributed by atoms with Crippen LogP contribution >= 0.6 is 15.9 Å². The van der Waals surface area contributed by atoms with Crippen molar-refractivity contribution in [3.05, 3.63) is 28.5 Å². The Kier molecular flexibility index (Phi) is 5.86. The number of piperazine rings is 1. The predicted molar refractivity (Wildman–Crippen MR) is 89.2 cm³/mol. The number of carbonyl (C=O) groups excluding carboxylic acids is 1. The molecule has 23 heavy (non-hydrogen) atoms. The molecule has 0 bridgehead atoms. The van der Waals surface area contributed by atoms with E-state index in [-0.39, 0.29) is 24.5 Å². The van der Waals surface area contributed by atoms with Crippen LogP contribution in [0.5, 0.6) is 5.75 Å². The van der Waals surface area contributed by atoms with Gasteiger partial charge in [-0.25, -0.2) is 9.18 Å². The summed E-state index contributed by atoms with van der Waals surface area (Å²) in [6.07, 6.45) is -0.336. The summed E-state index contributed by atoms with van der Waals surface area (Å²) in [5.74, 6) is -0.219. The first kappa shape index (κ1) is 18.0. The van der Waals surface area contributed by atoms with Gasteiger partial charge in [-0.2, -0.15) is 0 Å². The Labute approximate surface area is 144 Å². The maximum atomic E-state index is 13.7. The van der Waals surface area contributed by atoms with Crippen LogP contribution in [0.1, 0.15) is 20.8 Å². The summed E-state index contributed by atoms with van der Waals surface area (Å²) in [5.41, 5.74) is -0.520. The molecule has 1 heterocycles. The smallest absolute Gasteiger partial charge is 0.410 e.